The summed E-state index contributed by atoms with van der Waals surface area (Å²) in [6.07, 6.45) is -1.82. The van der Waals surface area contributed by atoms with Gasteiger partial charge in [-0.1, -0.05) is 18.2 Å². The Balaban J connectivity index is 1.62. The summed E-state index contributed by atoms with van der Waals surface area (Å²) in [7, 11) is 1.69. The molecule has 1 saturated heterocycles. The maximum atomic E-state index is 12.9. The summed E-state index contributed by atoms with van der Waals surface area (Å²) in [5.74, 6) is 0.640. The molecule has 1 aliphatic rings. The third-order valence-electron chi connectivity index (χ3n) is 5.20. The quantitative estimate of drug-likeness (QED) is 0.517. The number of aromatic nitrogens is 1. The lowest BCUT2D eigenvalue weighted by atomic mass is 10.0. The second kappa shape index (κ2) is 11.1. The Morgan fingerprint density at radius 3 is 2.48 bits per heavy atom. The van der Waals surface area contributed by atoms with Crippen molar-refractivity contribution in [1.82, 2.24) is 20.5 Å². The van der Waals surface area contributed by atoms with Gasteiger partial charge in [0.05, 0.1) is 24.8 Å². The third kappa shape index (κ3) is 6.93. The van der Waals surface area contributed by atoms with Crippen molar-refractivity contribution in [2.75, 3.05) is 46.4 Å². The number of ether oxygens (including phenoxy) is 1. The Hall–Kier alpha value is -2.65. The number of aliphatic imine (C=N–C) groups is 1. The first-order valence-corrected chi connectivity index (χ1v) is 10.3. The number of alkyl halides is 3. The molecule has 0 aliphatic carbocycles. The molecule has 31 heavy (non-hydrogen) atoms. The fraction of sp³-hybridized carbons (Fsp3) is 0.455. The summed E-state index contributed by atoms with van der Waals surface area (Å²) >= 11 is 0. The molecule has 2 heterocycles. The number of halogens is 3. The monoisotopic (exact) mass is 435 g/mol. The predicted octanol–water partition coefficient (Wildman–Crippen LogP) is 2.88. The Bertz CT molecular complexity index is 821. The highest BCUT2D eigenvalue weighted by Gasteiger charge is 2.31. The van der Waals surface area contributed by atoms with Crippen molar-refractivity contribution in [3.8, 4) is 0 Å². The molecule has 2 aromatic rings. The van der Waals surface area contributed by atoms with Crippen molar-refractivity contribution in [1.29, 1.82) is 0 Å². The van der Waals surface area contributed by atoms with E-state index in [4.69, 9.17) is 4.74 Å². The standard InChI is InChI=1S/C22H28F3N5O/c1-26-21(28-11-9-19-4-2-3-10-27-19)29-16-20(30-12-14-31-15-13-30)17-5-7-18(8-6-17)22(23,24)25/h2-8,10,20H,9,11-16H2,1H3,(H2,26,28,29). The predicted molar refractivity (Wildman–Crippen MR) is 114 cm³/mol. The van der Waals surface area contributed by atoms with E-state index in [2.05, 4.69) is 25.5 Å². The van der Waals surface area contributed by atoms with Gasteiger partial charge in [0.25, 0.3) is 0 Å². The summed E-state index contributed by atoms with van der Waals surface area (Å²) in [6, 6.07) is 11.1. The van der Waals surface area contributed by atoms with E-state index in [1.807, 2.05) is 18.2 Å². The highest BCUT2D eigenvalue weighted by molar-refractivity contribution is 5.79. The van der Waals surface area contributed by atoms with Gasteiger partial charge in [-0.25, -0.2) is 0 Å². The zero-order valence-electron chi connectivity index (χ0n) is 17.5. The number of hydrogen-bond donors (Lipinski definition) is 2. The van der Waals surface area contributed by atoms with Gasteiger partial charge < -0.3 is 15.4 Å². The van der Waals surface area contributed by atoms with Crippen LogP contribution in [-0.4, -0.2) is 62.3 Å². The SMILES string of the molecule is CN=C(NCCc1ccccn1)NCC(c1ccc(C(F)(F)F)cc1)N1CCOCC1. The molecular formula is C22H28F3N5O. The topological polar surface area (TPSA) is 61.8 Å². The van der Waals surface area contributed by atoms with Gasteiger partial charge >= 0.3 is 6.18 Å². The molecule has 9 heteroatoms. The molecule has 1 unspecified atom stereocenters. The lowest BCUT2D eigenvalue weighted by Gasteiger charge is -2.35. The van der Waals surface area contributed by atoms with Crippen LogP contribution in [0.5, 0.6) is 0 Å². The fourth-order valence-corrected chi connectivity index (χ4v) is 3.51. The van der Waals surface area contributed by atoms with Crippen LogP contribution in [0.2, 0.25) is 0 Å². The number of rotatable bonds is 7. The number of nitrogens with zero attached hydrogens (tertiary/aromatic N) is 3. The van der Waals surface area contributed by atoms with Gasteiger partial charge in [0.2, 0.25) is 0 Å². The van der Waals surface area contributed by atoms with Crippen LogP contribution in [0.25, 0.3) is 0 Å². The summed E-state index contributed by atoms with van der Waals surface area (Å²) < 4.78 is 44.3. The second-order valence-corrected chi connectivity index (χ2v) is 7.23. The van der Waals surface area contributed by atoms with E-state index in [9.17, 15) is 13.2 Å². The van der Waals surface area contributed by atoms with Crippen LogP contribution in [0.1, 0.15) is 22.9 Å². The van der Waals surface area contributed by atoms with E-state index < -0.39 is 11.7 Å². The van der Waals surface area contributed by atoms with Crippen LogP contribution in [-0.2, 0) is 17.3 Å². The average molecular weight is 435 g/mol. The van der Waals surface area contributed by atoms with Gasteiger partial charge in [0, 0.05) is 51.5 Å². The number of nitrogens with one attached hydrogen (secondary N) is 2. The Morgan fingerprint density at radius 1 is 1.13 bits per heavy atom. The van der Waals surface area contributed by atoms with Crippen LogP contribution in [0.3, 0.4) is 0 Å². The molecule has 0 saturated carbocycles. The van der Waals surface area contributed by atoms with E-state index in [-0.39, 0.29) is 6.04 Å². The molecule has 0 amide bonds. The van der Waals surface area contributed by atoms with Crippen molar-refractivity contribution in [3.05, 3.63) is 65.5 Å². The van der Waals surface area contributed by atoms with Gasteiger partial charge in [0.1, 0.15) is 0 Å². The van der Waals surface area contributed by atoms with Gasteiger partial charge in [-0.05, 0) is 29.8 Å². The molecule has 6 nitrogen and oxygen atoms in total. The molecule has 2 N–H and O–H groups in total. The summed E-state index contributed by atoms with van der Waals surface area (Å²) in [6.45, 7) is 3.83. The second-order valence-electron chi connectivity index (χ2n) is 7.23. The zero-order valence-corrected chi connectivity index (χ0v) is 17.5. The molecule has 1 atom stereocenters. The van der Waals surface area contributed by atoms with E-state index in [1.54, 1.807) is 25.4 Å². The van der Waals surface area contributed by atoms with Crippen molar-refractivity contribution in [2.24, 2.45) is 4.99 Å². The average Bonchev–Trinajstić information content (AvgIpc) is 2.79. The van der Waals surface area contributed by atoms with Gasteiger partial charge in [-0.2, -0.15) is 13.2 Å². The first kappa shape index (κ1) is 23.0. The fourth-order valence-electron chi connectivity index (χ4n) is 3.51. The molecule has 1 aromatic heterocycles. The lowest BCUT2D eigenvalue weighted by molar-refractivity contribution is -0.137. The van der Waals surface area contributed by atoms with Crippen LogP contribution < -0.4 is 10.6 Å². The zero-order chi connectivity index (χ0) is 22.1. The van der Waals surface area contributed by atoms with E-state index in [0.717, 1.165) is 42.9 Å². The molecule has 1 aliphatic heterocycles. The van der Waals surface area contributed by atoms with Gasteiger partial charge in [-0.15, -0.1) is 0 Å². The molecule has 1 aromatic carbocycles. The maximum Gasteiger partial charge on any atom is 0.416 e. The van der Waals surface area contributed by atoms with Crippen LogP contribution >= 0.6 is 0 Å². The maximum absolute atomic E-state index is 12.9. The third-order valence-corrected chi connectivity index (χ3v) is 5.20. The van der Waals surface area contributed by atoms with Crippen LogP contribution in [0.4, 0.5) is 13.2 Å². The Kier molecular flexibility index (Phi) is 8.25. The number of hydrogen-bond acceptors (Lipinski definition) is 4. The van der Waals surface area contributed by atoms with Crippen molar-refractivity contribution in [2.45, 2.75) is 18.6 Å². The first-order valence-electron chi connectivity index (χ1n) is 10.3. The van der Waals surface area contributed by atoms with Crippen LogP contribution in [0.15, 0.2) is 53.7 Å². The van der Waals surface area contributed by atoms with Crippen molar-refractivity contribution < 1.29 is 17.9 Å². The molecular weight excluding hydrogens is 407 g/mol. The number of pyridine rings is 1. The van der Waals surface area contributed by atoms with Crippen molar-refractivity contribution >= 4 is 5.96 Å². The Labute approximate surface area is 180 Å². The smallest absolute Gasteiger partial charge is 0.379 e. The molecule has 0 bridgehead atoms. The molecule has 3 rings (SSSR count). The minimum absolute atomic E-state index is 0.0967. The normalized spacial score (nSPS) is 16.7. The first-order chi connectivity index (χ1) is 15.0. The summed E-state index contributed by atoms with van der Waals surface area (Å²) in [5.41, 5.74) is 1.17. The van der Waals surface area contributed by atoms with Crippen LogP contribution in [0, 0.1) is 0 Å². The number of morpholine rings is 1. The molecule has 0 radical (unpaired) electrons. The minimum atomic E-state index is -4.34. The molecule has 168 valence electrons. The minimum Gasteiger partial charge on any atom is -0.379 e. The number of benzene rings is 1. The van der Waals surface area contributed by atoms with E-state index in [0.29, 0.717) is 32.3 Å². The lowest BCUT2D eigenvalue weighted by Crippen LogP contribution is -2.46. The number of guanidine groups is 1. The Morgan fingerprint density at radius 2 is 1.87 bits per heavy atom. The highest BCUT2D eigenvalue weighted by atomic mass is 19.4. The van der Waals surface area contributed by atoms with Crippen molar-refractivity contribution in [3.63, 3.8) is 0 Å². The summed E-state index contributed by atoms with van der Waals surface area (Å²) in [5, 5.41) is 6.57. The highest BCUT2D eigenvalue weighted by Crippen LogP contribution is 2.31. The van der Waals surface area contributed by atoms with Gasteiger partial charge in [-0.3, -0.25) is 14.9 Å². The molecule has 1 fully saturated rings. The van der Waals surface area contributed by atoms with Gasteiger partial charge in [0.15, 0.2) is 5.96 Å². The molecule has 0 spiro atoms. The van der Waals surface area contributed by atoms with E-state index >= 15 is 0 Å². The largest absolute Gasteiger partial charge is 0.416 e. The summed E-state index contributed by atoms with van der Waals surface area (Å²) in [4.78, 5) is 10.8. The van der Waals surface area contributed by atoms with E-state index in [1.165, 1.54) is 0 Å².